The zero-order chi connectivity index (χ0) is 25.2. The summed E-state index contributed by atoms with van der Waals surface area (Å²) in [6, 6.07) is 15.8. The minimum absolute atomic E-state index is 0.195. The number of aromatic amines is 1. The van der Waals surface area contributed by atoms with Crippen LogP contribution < -0.4 is 9.47 Å². The van der Waals surface area contributed by atoms with Crippen LogP contribution in [0.3, 0.4) is 0 Å². The van der Waals surface area contributed by atoms with Crippen molar-refractivity contribution < 1.29 is 27.4 Å². The zero-order valence-corrected chi connectivity index (χ0v) is 18.8. The molecule has 2 unspecified atom stereocenters. The van der Waals surface area contributed by atoms with E-state index >= 15 is 0 Å². The molecule has 0 saturated carbocycles. The summed E-state index contributed by atoms with van der Waals surface area (Å²) in [6.45, 7) is 1.52. The average Bonchev–Trinajstić information content (AvgIpc) is 3.25. The molecule has 2 aromatic carbocycles. The zero-order valence-electron chi connectivity index (χ0n) is 18.0. The Kier molecular flexibility index (Phi) is 6.62. The summed E-state index contributed by atoms with van der Waals surface area (Å²) in [5.41, 5.74) is 0.361. The van der Waals surface area contributed by atoms with Gasteiger partial charge in [0.05, 0.1) is 22.7 Å². The number of ether oxygens (including phenoxy) is 2. The monoisotopic (exact) mass is 500 g/mol. The Morgan fingerprint density at radius 2 is 1.83 bits per heavy atom. The van der Waals surface area contributed by atoms with E-state index in [9.17, 15) is 23.2 Å². The lowest BCUT2D eigenvalue weighted by molar-refractivity contribution is -0.137. The molecule has 178 valence electrons. The molecule has 0 aliphatic rings. The van der Waals surface area contributed by atoms with Gasteiger partial charge < -0.3 is 14.5 Å². The third-order valence-electron chi connectivity index (χ3n) is 4.98. The number of para-hydroxylation sites is 2. The minimum atomic E-state index is -4.57. The first kappa shape index (κ1) is 24.0. The summed E-state index contributed by atoms with van der Waals surface area (Å²) in [5.74, 6) is -1.03. The number of benzene rings is 2. The maximum Gasteiger partial charge on any atom is 0.417 e. The lowest BCUT2D eigenvalue weighted by Gasteiger charge is -2.16. The Labute approximate surface area is 202 Å². The molecule has 0 aliphatic carbocycles. The van der Waals surface area contributed by atoms with Crippen molar-refractivity contribution in [3.8, 4) is 23.4 Å². The fraction of sp³-hybridized carbons (Fsp3) is 0.167. The van der Waals surface area contributed by atoms with Crippen molar-refractivity contribution in [3.05, 3.63) is 77.2 Å². The average molecular weight is 501 g/mol. The molecule has 2 atom stereocenters. The normalized spacial score (nSPS) is 13.1. The number of carbonyl (C=O) groups is 1. The second-order valence-electron chi connectivity index (χ2n) is 7.45. The molecule has 0 bridgehead atoms. The number of H-pyrrole nitrogens is 1. The van der Waals surface area contributed by atoms with E-state index in [1.807, 2.05) is 12.1 Å². The van der Waals surface area contributed by atoms with Crippen LogP contribution in [-0.4, -0.2) is 26.8 Å². The lowest BCUT2D eigenvalue weighted by atomic mass is 10.0. The molecule has 0 spiro atoms. The minimum Gasteiger partial charge on any atom is -0.483 e. The van der Waals surface area contributed by atoms with Gasteiger partial charge in [-0.25, -0.2) is 9.97 Å². The van der Waals surface area contributed by atoms with Gasteiger partial charge in [-0.05, 0) is 49.4 Å². The summed E-state index contributed by atoms with van der Waals surface area (Å²) in [5, 5.41) is 9.27. The van der Waals surface area contributed by atoms with Gasteiger partial charge in [0.2, 0.25) is 5.88 Å². The van der Waals surface area contributed by atoms with Gasteiger partial charge in [-0.2, -0.15) is 18.4 Å². The fourth-order valence-corrected chi connectivity index (χ4v) is 3.42. The van der Waals surface area contributed by atoms with Crippen LogP contribution in [0.15, 0.2) is 60.8 Å². The number of pyridine rings is 1. The number of halogens is 4. The molecular weight excluding hydrogens is 485 g/mol. The van der Waals surface area contributed by atoms with Crippen molar-refractivity contribution in [2.45, 2.75) is 25.1 Å². The molecule has 7 nitrogen and oxygen atoms in total. The molecule has 35 heavy (non-hydrogen) atoms. The Balaban J connectivity index is 1.42. The fourth-order valence-electron chi connectivity index (χ4n) is 3.22. The van der Waals surface area contributed by atoms with E-state index in [1.54, 1.807) is 18.2 Å². The third-order valence-corrected chi connectivity index (χ3v) is 5.25. The number of fused-ring (bicyclic) bond motifs is 1. The van der Waals surface area contributed by atoms with E-state index in [2.05, 4.69) is 15.0 Å². The number of Topliss-reactive ketones (excluding diaryl/α,β-unsaturated/α-hetero) is 1. The molecular formula is C24H16ClF3N4O3. The van der Waals surface area contributed by atoms with E-state index in [0.29, 0.717) is 23.0 Å². The predicted molar refractivity (Wildman–Crippen MR) is 120 cm³/mol. The molecule has 4 rings (SSSR count). The third kappa shape index (κ3) is 5.36. The Bertz CT molecular complexity index is 1380. The van der Waals surface area contributed by atoms with Crippen molar-refractivity contribution in [2.24, 2.45) is 0 Å². The number of nitrogens with one attached hydrogen (secondary N) is 1. The van der Waals surface area contributed by atoms with E-state index in [4.69, 9.17) is 21.1 Å². The highest BCUT2D eigenvalue weighted by atomic mass is 35.5. The van der Waals surface area contributed by atoms with Gasteiger partial charge in [-0.15, -0.1) is 0 Å². The molecule has 2 aromatic heterocycles. The predicted octanol–water partition coefficient (Wildman–Crippen LogP) is 6.07. The van der Waals surface area contributed by atoms with Crippen LogP contribution in [0, 0.1) is 11.3 Å². The van der Waals surface area contributed by atoms with Crippen LogP contribution in [-0.2, 0) is 11.0 Å². The lowest BCUT2D eigenvalue weighted by Crippen LogP contribution is -2.29. The molecule has 0 amide bonds. The molecule has 0 radical (unpaired) electrons. The highest BCUT2D eigenvalue weighted by molar-refractivity contribution is 6.31. The molecule has 11 heteroatoms. The molecule has 0 aliphatic heterocycles. The van der Waals surface area contributed by atoms with Gasteiger partial charge in [0.15, 0.2) is 17.8 Å². The van der Waals surface area contributed by atoms with Crippen LogP contribution >= 0.6 is 11.6 Å². The van der Waals surface area contributed by atoms with E-state index in [0.717, 1.165) is 6.07 Å². The first-order chi connectivity index (χ1) is 16.7. The number of carbonyl (C=O) groups excluding carboxylic acids is 1. The Morgan fingerprint density at radius 1 is 1.14 bits per heavy atom. The number of nitriles is 1. The number of imidazole rings is 1. The number of nitrogens with zero attached hydrogens (tertiary/aromatic N) is 3. The number of rotatable bonds is 7. The van der Waals surface area contributed by atoms with Crippen LogP contribution in [0.4, 0.5) is 13.2 Å². The van der Waals surface area contributed by atoms with E-state index in [-0.39, 0.29) is 22.5 Å². The van der Waals surface area contributed by atoms with Gasteiger partial charge in [0.1, 0.15) is 22.3 Å². The van der Waals surface area contributed by atoms with Gasteiger partial charge in [-0.3, -0.25) is 4.79 Å². The first-order valence-electron chi connectivity index (χ1n) is 10.2. The molecule has 0 fully saturated rings. The number of hydrogen-bond acceptors (Lipinski definition) is 6. The summed E-state index contributed by atoms with van der Waals surface area (Å²) >= 11 is 5.86. The second-order valence-corrected chi connectivity index (χ2v) is 7.85. The number of alkyl halides is 3. The maximum atomic E-state index is 12.9. The van der Waals surface area contributed by atoms with Crippen molar-refractivity contribution in [3.63, 3.8) is 0 Å². The van der Waals surface area contributed by atoms with Crippen molar-refractivity contribution in [1.29, 1.82) is 5.26 Å². The summed E-state index contributed by atoms with van der Waals surface area (Å²) in [7, 11) is 0. The Morgan fingerprint density at radius 3 is 2.46 bits per heavy atom. The Hall–Kier alpha value is -4.10. The van der Waals surface area contributed by atoms with Gasteiger partial charge in [-0.1, -0.05) is 23.7 Å². The molecule has 1 N–H and O–H groups in total. The number of hydrogen-bond donors (Lipinski definition) is 1. The summed E-state index contributed by atoms with van der Waals surface area (Å²) < 4.78 is 49.4. The van der Waals surface area contributed by atoms with Gasteiger partial charge in [0.25, 0.3) is 0 Å². The summed E-state index contributed by atoms with van der Waals surface area (Å²) in [4.78, 5) is 23.8. The van der Waals surface area contributed by atoms with Crippen LogP contribution in [0.2, 0.25) is 5.02 Å². The van der Waals surface area contributed by atoms with E-state index in [1.165, 1.54) is 31.2 Å². The molecule has 4 aromatic rings. The van der Waals surface area contributed by atoms with Crippen molar-refractivity contribution in [2.75, 3.05) is 0 Å². The topological polar surface area (TPSA) is 101 Å². The largest absolute Gasteiger partial charge is 0.483 e. The number of aromatic nitrogens is 3. The molecule has 2 heterocycles. The van der Waals surface area contributed by atoms with Crippen molar-refractivity contribution >= 4 is 28.4 Å². The van der Waals surface area contributed by atoms with Gasteiger partial charge >= 0.3 is 6.18 Å². The smallest absolute Gasteiger partial charge is 0.417 e. The quantitative estimate of drug-likeness (QED) is 0.331. The summed E-state index contributed by atoms with van der Waals surface area (Å²) in [6.07, 6.45) is -4.91. The standard InChI is InChI=1S/C24H16ClF3N4O3/c1-13(21(33)17(11-29)22-31-19-4-2-3-5-20(19)32-22)34-15-6-8-16(9-7-15)35-23-18(25)10-14(12-30-23)24(26,27)28/h2-10,12-13,17H,1H3,(H,31,32). The van der Waals surface area contributed by atoms with Crippen LogP contribution in [0.1, 0.15) is 24.2 Å². The highest BCUT2D eigenvalue weighted by Crippen LogP contribution is 2.35. The van der Waals surface area contributed by atoms with Crippen LogP contribution in [0.25, 0.3) is 11.0 Å². The SMILES string of the molecule is CC(Oc1ccc(Oc2ncc(C(F)(F)F)cc2Cl)cc1)C(=O)C(C#N)c1nc2ccccc2[nH]1. The first-order valence-corrected chi connectivity index (χ1v) is 10.6. The molecule has 0 saturated heterocycles. The number of ketones is 1. The highest BCUT2D eigenvalue weighted by Gasteiger charge is 2.32. The second kappa shape index (κ2) is 9.64. The van der Waals surface area contributed by atoms with E-state index < -0.39 is 29.5 Å². The van der Waals surface area contributed by atoms with Crippen LogP contribution in [0.5, 0.6) is 17.4 Å². The maximum absolute atomic E-state index is 12.9. The van der Waals surface area contributed by atoms with Crippen molar-refractivity contribution in [1.82, 2.24) is 15.0 Å². The van der Waals surface area contributed by atoms with Gasteiger partial charge in [0, 0.05) is 6.20 Å².